The van der Waals surface area contributed by atoms with Crippen LogP contribution in [0.4, 0.5) is 11.4 Å². The molecule has 1 aromatic heterocycles. The summed E-state index contributed by atoms with van der Waals surface area (Å²) in [7, 11) is 0. The van der Waals surface area contributed by atoms with Gasteiger partial charge in [0.25, 0.3) is 5.69 Å². The van der Waals surface area contributed by atoms with Crippen molar-refractivity contribution >= 4 is 22.3 Å². The number of hydrogen-bond acceptors (Lipinski definition) is 5. The topological polar surface area (TPSA) is 68.5 Å². The van der Waals surface area contributed by atoms with E-state index in [-0.39, 0.29) is 10.6 Å². The molecule has 2 aliphatic heterocycles. The molecular weight excluding hydrogens is 318 g/mol. The number of fused-ring (bicyclic) bond motifs is 1. The third-order valence-electron chi connectivity index (χ3n) is 5.49. The van der Waals surface area contributed by atoms with Crippen LogP contribution in [0.5, 0.6) is 0 Å². The number of anilines is 1. The normalized spacial score (nSPS) is 21.8. The first kappa shape index (κ1) is 16.3. The molecule has 1 atom stereocenters. The maximum absolute atomic E-state index is 11.3. The standard InChI is InChI=1S/C19H23N3O3/c1-13-12-17(15-4-2-5-16(22(23)24)19(15)20-13)21-9-7-14(8-10-21)18-6-3-11-25-18/h2,4-5,12,14,18H,3,6-11H2,1H3. The van der Waals surface area contributed by atoms with Gasteiger partial charge >= 0.3 is 0 Å². The molecule has 132 valence electrons. The summed E-state index contributed by atoms with van der Waals surface area (Å²) in [5.74, 6) is 0.641. The smallest absolute Gasteiger partial charge is 0.295 e. The molecule has 2 fully saturated rings. The molecule has 0 bridgehead atoms. The molecule has 2 aliphatic rings. The summed E-state index contributed by atoms with van der Waals surface area (Å²) in [5, 5.41) is 12.2. The van der Waals surface area contributed by atoms with Crippen molar-refractivity contribution in [1.82, 2.24) is 4.98 Å². The number of nitrogens with zero attached hydrogens (tertiary/aromatic N) is 3. The highest BCUT2D eigenvalue weighted by Gasteiger charge is 2.30. The zero-order valence-electron chi connectivity index (χ0n) is 14.5. The average molecular weight is 341 g/mol. The van der Waals surface area contributed by atoms with Gasteiger partial charge in [-0.05, 0) is 44.6 Å². The first-order valence-electron chi connectivity index (χ1n) is 9.05. The van der Waals surface area contributed by atoms with Crippen molar-refractivity contribution in [3.8, 4) is 0 Å². The van der Waals surface area contributed by atoms with Crippen molar-refractivity contribution < 1.29 is 9.66 Å². The van der Waals surface area contributed by atoms with Crippen LogP contribution in [0.3, 0.4) is 0 Å². The number of nitro groups is 1. The predicted octanol–water partition coefficient (Wildman–Crippen LogP) is 3.85. The van der Waals surface area contributed by atoms with E-state index >= 15 is 0 Å². The van der Waals surface area contributed by atoms with Gasteiger partial charge in [-0.1, -0.05) is 12.1 Å². The summed E-state index contributed by atoms with van der Waals surface area (Å²) >= 11 is 0. The zero-order chi connectivity index (χ0) is 17.4. The minimum Gasteiger partial charge on any atom is -0.378 e. The number of aromatic nitrogens is 1. The van der Waals surface area contributed by atoms with Gasteiger partial charge in [0.1, 0.15) is 0 Å². The molecule has 4 rings (SSSR count). The molecule has 2 saturated heterocycles. The average Bonchev–Trinajstić information content (AvgIpc) is 3.15. The Bertz CT molecular complexity index is 794. The highest BCUT2D eigenvalue weighted by molar-refractivity contribution is 5.97. The number of rotatable bonds is 3. The van der Waals surface area contributed by atoms with Gasteiger partial charge in [0.2, 0.25) is 0 Å². The van der Waals surface area contributed by atoms with Gasteiger partial charge in [0.15, 0.2) is 5.52 Å². The van der Waals surface area contributed by atoms with E-state index < -0.39 is 0 Å². The quantitative estimate of drug-likeness (QED) is 0.626. The number of benzene rings is 1. The maximum atomic E-state index is 11.3. The van der Waals surface area contributed by atoms with E-state index in [2.05, 4.69) is 16.0 Å². The molecule has 0 amide bonds. The van der Waals surface area contributed by atoms with E-state index in [0.717, 1.165) is 49.3 Å². The van der Waals surface area contributed by atoms with Crippen molar-refractivity contribution in [2.24, 2.45) is 5.92 Å². The van der Waals surface area contributed by atoms with Gasteiger partial charge in [0.05, 0.1) is 11.0 Å². The Morgan fingerprint density at radius 1 is 1.28 bits per heavy atom. The molecule has 6 heteroatoms. The minimum atomic E-state index is -0.345. The Balaban J connectivity index is 1.63. The second-order valence-corrected chi connectivity index (χ2v) is 7.09. The maximum Gasteiger partial charge on any atom is 0.295 e. The fourth-order valence-electron chi connectivity index (χ4n) is 4.24. The molecule has 6 nitrogen and oxygen atoms in total. The monoisotopic (exact) mass is 341 g/mol. The second-order valence-electron chi connectivity index (χ2n) is 7.09. The fourth-order valence-corrected chi connectivity index (χ4v) is 4.24. The van der Waals surface area contributed by atoms with Crippen molar-refractivity contribution in [1.29, 1.82) is 0 Å². The van der Waals surface area contributed by atoms with Crippen LogP contribution in [0.15, 0.2) is 24.3 Å². The highest BCUT2D eigenvalue weighted by Crippen LogP contribution is 2.36. The number of nitro benzene ring substituents is 1. The summed E-state index contributed by atoms with van der Waals surface area (Å²) in [5.41, 5.74) is 2.45. The molecule has 3 heterocycles. The van der Waals surface area contributed by atoms with Crippen molar-refractivity contribution in [3.63, 3.8) is 0 Å². The molecule has 2 aromatic rings. The lowest BCUT2D eigenvalue weighted by Gasteiger charge is -2.36. The van der Waals surface area contributed by atoms with Gasteiger partial charge in [-0.2, -0.15) is 0 Å². The first-order valence-corrected chi connectivity index (χ1v) is 9.05. The zero-order valence-corrected chi connectivity index (χ0v) is 14.5. The number of aryl methyl sites for hydroxylation is 1. The third kappa shape index (κ3) is 3.06. The van der Waals surface area contributed by atoms with Gasteiger partial charge in [0, 0.05) is 42.5 Å². The van der Waals surface area contributed by atoms with Crippen molar-refractivity contribution in [2.75, 3.05) is 24.6 Å². The van der Waals surface area contributed by atoms with Crippen LogP contribution in [-0.4, -0.2) is 35.7 Å². The van der Waals surface area contributed by atoms with Crippen LogP contribution in [0.1, 0.15) is 31.4 Å². The summed E-state index contributed by atoms with van der Waals surface area (Å²) in [6.45, 7) is 4.74. The van der Waals surface area contributed by atoms with E-state index in [4.69, 9.17) is 4.74 Å². The van der Waals surface area contributed by atoms with E-state index in [0.29, 0.717) is 17.5 Å². The Morgan fingerprint density at radius 2 is 2.08 bits per heavy atom. The number of hydrogen-bond donors (Lipinski definition) is 0. The Morgan fingerprint density at radius 3 is 2.76 bits per heavy atom. The van der Waals surface area contributed by atoms with E-state index in [1.54, 1.807) is 6.07 Å². The van der Waals surface area contributed by atoms with Gasteiger partial charge in [-0.3, -0.25) is 10.1 Å². The molecular formula is C19H23N3O3. The molecule has 25 heavy (non-hydrogen) atoms. The minimum absolute atomic E-state index is 0.0803. The second kappa shape index (κ2) is 6.59. The molecule has 0 N–H and O–H groups in total. The summed E-state index contributed by atoms with van der Waals surface area (Å²) in [6.07, 6.45) is 5.03. The molecule has 0 spiro atoms. The highest BCUT2D eigenvalue weighted by atomic mass is 16.6. The lowest BCUT2D eigenvalue weighted by molar-refractivity contribution is -0.383. The van der Waals surface area contributed by atoms with Crippen LogP contribution < -0.4 is 4.90 Å². The summed E-state index contributed by atoms with van der Waals surface area (Å²) < 4.78 is 5.86. The lowest BCUT2D eigenvalue weighted by Crippen LogP contribution is -2.37. The van der Waals surface area contributed by atoms with Crippen LogP contribution in [0.25, 0.3) is 10.9 Å². The van der Waals surface area contributed by atoms with E-state index in [9.17, 15) is 10.1 Å². The molecule has 1 aromatic carbocycles. The van der Waals surface area contributed by atoms with Gasteiger partial charge < -0.3 is 9.64 Å². The molecule has 1 unspecified atom stereocenters. The Labute approximate surface area is 146 Å². The van der Waals surface area contributed by atoms with Crippen molar-refractivity contribution in [3.05, 3.63) is 40.1 Å². The summed E-state index contributed by atoms with van der Waals surface area (Å²) in [6, 6.07) is 7.27. The van der Waals surface area contributed by atoms with Crippen LogP contribution >= 0.6 is 0 Å². The third-order valence-corrected chi connectivity index (χ3v) is 5.49. The molecule has 0 aliphatic carbocycles. The number of para-hydroxylation sites is 1. The number of pyridine rings is 1. The van der Waals surface area contributed by atoms with Crippen LogP contribution in [0.2, 0.25) is 0 Å². The van der Waals surface area contributed by atoms with Gasteiger partial charge in [-0.15, -0.1) is 0 Å². The first-order chi connectivity index (χ1) is 12.1. The Kier molecular flexibility index (Phi) is 4.29. The largest absolute Gasteiger partial charge is 0.378 e. The predicted molar refractivity (Wildman–Crippen MR) is 97.0 cm³/mol. The van der Waals surface area contributed by atoms with E-state index in [1.165, 1.54) is 18.9 Å². The van der Waals surface area contributed by atoms with E-state index in [1.807, 2.05) is 13.0 Å². The molecule has 0 saturated carbocycles. The fraction of sp³-hybridized carbons (Fsp3) is 0.526. The van der Waals surface area contributed by atoms with Gasteiger partial charge in [-0.25, -0.2) is 4.98 Å². The number of non-ortho nitro benzene ring substituents is 1. The van der Waals surface area contributed by atoms with Crippen LogP contribution in [0, 0.1) is 23.0 Å². The Hall–Kier alpha value is -2.21. The lowest BCUT2D eigenvalue weighted by atomic mass is 9.89. The summed E-state index contributed by atoms with van der Waals surface area (Å²) in [4.78, 5) is 17.8. The SMILES string of the molecule is Cc1cc(N2CCC(C3CCCO3)CC2)c2cccc([N+](=O)[O-])c2n1. The molecule has 0 radical (unpaired) electrons. The number of piperidine rings is 1. The van der Waals surface area contributed by atoms with Crippen molar-refractivity contribution in [2.45, 2.75) is 38.7 Å². The van der Waals surface area contributed by atoms with Crippen LogP contribution in [-0.2, 0) is 4.74 Å². The number of ether oxygens (including phenoxy) is 1.